The molecule has 0 radical (unpaired) electrons. The summed E-state index contributed by atoms with van der Waals surface area (Å²) in [6.45, 7) is 3.53. The minimum Gasteiger partial charge on any atom is -0.463 e. The number of halogens is 1. The number of carbonyl (C=O) groups is 2. The molecular formula is C22H23BrN2O10S. The van der Waals surface area contributed by atoms with Crippen LogP contribution in [0.4, 0.5) is 0 Å². The van der Waals surface area contributed by atoms with E-state index in [1.807, 2.05) is 0 Å². The fraction of sp³-hybridized carbons (Fsp3) is 0.364. The molecule has 4 atom stereocenters. The molecule has 0 saturated carbocycles. The van der Waals surface area contributed by atoms with E-state index in [0.717, 1.165) is 30.2 Å². The maximum Gasteiger partial charge on any atom is 0.330 e. The molecule has 1 aliphatic heterocycles. The molecule has 1 saturated heterocycles. The number of carbonyl (C=O) groups excluding carboxylic acids is 2. The van der Waals surface area contributed by atoms with E-state index in [1.165, 1.54) is 23.2 Å². The Morgan fingerprint density at radius 3 is 2.39 bits per heavy atom. The van der Waals surface area contributed by atoms with Gasteiger partial charge >= 0.3 is 17.6 Å². The number of aryl methyl sites for hydroxylation is 1. The zero-order valence-electron chi connectivity index (χ0n) is 19.4. The van der Waals surface area contributed by atoms with Crippen molar-refractivity contribution in [3.63, 3.8) is 0 Å². The van der Waals surface area contributed by atoms with Gasteiger partial charge in [0.1, 0.15) is 18.8 Å². The zero-order chi connectivity index (χ0) is 26.6. The second-order valence-electron chi connectivity index (χ2n) is 7.81. The highest BCUT2D eigenvalue weighted by Gasteiger charge is 2.51. The molecule has 2 heterocycles. The van der Waals surface area contributed by atoms with E-state index in [2.05, 4.69) is 20.9 Å². The molecule has 0 spiro atoms. The summed E-state index contributed by atoms with van der Waals surface area (Å²) in [4.78, 5) is 51.5. The van der Waals surface area contributed by atoms with Crippen LogP contribution >= 0.6 is 15.9 Å². The average Bonchev–Trinajstić information content (AvgIpc) is 3.10. The van der Waals surface area contributed by atoms with Gasteiger partial charge in [-0.2, -0.15) is 8.42 Å². The van der Waals surface area contributed by atoms with E-state index in [-0.39, 0.29) is 10.5 Å². The molecule has 36 heavy (non-hydrogen) atoms. The van der Waals surface area contributed by atoms with Crippen LogP contribution in [0, 0.1) is 6.92 Å². The summed E-state index contributed by atoms with van der Waals surface area (Å²) in [6.07, 6.45) is -3.18. The van der Waals surface area contributed by atoms with Crippen molar-refractivity contribution in [2.24, 2.45) is 0 Å². The smallest absolute Gasteiger partial charge is 0.330 e. The van der Waals surface area contributed by atoms with Crippen LogP contribution < -0.4 is 11.2 Å². The molecular weight excluding hydrogens is 564 g/mol. The lowest BCUT2D eigenvalue weighted by atomic mass is 10.1. The topological polar surface area (TPSA) is 160 Å². The van der Waals surface area contributed by atoms with E-state index in [9.17, 15) is 27.6 Å². The van der Waals surface area contributed by atoms with Crippen LogP contribution in [-0.4, -0.2) is 54.8 Å². The molecule has 0 unspecified atom stereocenters. The maximum absolute atomic E-state index is 13.1. The predicted molar refractivity (Wildman–Crippen MR) is 129 cm³/mol. The van der Waals surface area contributed by atoms with E-state index in [0.29, 0.717) is 0 Å². The Kier molecular flexibility index (Phi) is 8.66. The van der Waals surface area contributed by atoms with Crippen molar-refractivity contribution >= 4 is 44.1 Å². The lowest BCUT2D eigenvalue weighted by Gasteiger charge is -2.24. The van der Waals surface area contributed by atoms with E-state index in [1.54, 1.807) is 19.1 Å². The largest absolute Gasteiger partial charge is 0.463 e. The molecule has 0 bridgehead atoms. The zero-order valence-corrected chi connectivity index (χ0v) is 21.8. The van der Waals surface area contributed by atoms with Crippen LogP contribution in [0.5, 0.6) is 0 Å². The number of benzene rings is 1. The molecule has 1 aromatic heterocycles. The van der Waals surface area contributed by atoms with Gasteiger partial charge in [0.25, 0.3) is 15.7 Å². The summed E-state index contributed by atoms with van der Waals surface area (Å²) in [5.74, 6) is -1.50. The number of nitrogens with zero attached hydrogens (tertiary/aromatic N) is 1. The molecule has 1 aromatic carbocycles. The highest BCUT2D eigenvalue weighted by Crippen LogP contribution is 2.35. The van der Waals surface area contributed by atoms with E-state index in [4.69, 9.17) is 18.4 Å². The van der Waals surface area contributed by atoms with Crippen molar-refractivity contribution in [2.75, 3.05) is 6.61 Å². The van der Waals surface area contributed by atoms with Crippen LogP contribution in [0.3, 0.4) is 0 Å². The van der Waals surface area contributed by atoms with Crippen molar-refractivity contribution < 1.29 is 36.4 Å². The van der Waals surface area contributed by atoms with Crippen LogP contribution in [0.2, 0.25) is 0 Å². The summed E-state index contributed by atoms with van der Waals surface area (Å²) < 4.78 is 48.7. The third-order valence-corrected chi connectivity index (χ3v) is 6.69. The van der Waals surface area contributed by atoms with Crippen molar-refractivity contribution in [1.82, 2.24) is 9.55 Å². The molecule has 0 amide bonds. The van der Waals surface area contributed by atoms with Crippen LogP contribution in [0.25, 0.3) is 6.08 Å². The number of hydrogen-bond acceptors (Lipinski definition) is 10. The van der Waals surface area contributed by atoms with E-state index >= 15 is 0 Å². The maximum atomic E-state index is 13.1. The Labute approximate surface area is 214 Å². The Balaban J connectivity index is 2.09. The van der Waals surface area contributed by atoms with Gasteiger partial charge in [-0.05, 0) is 30.1 Å². The van der Waals surface area contributed by atoms with Gasteiger partial charge in [-0.25, -0.2) is 4.79 Å². The average molecular weight is 587 g/mol. The molecule has 3 rings (SSSR count). The first-order valence-electron chi connectivity index (χ1n) is 10.5. The summed E-state index contributed by atoms with van der Waals surface area (Å²) in [7, 11) is -4.41. The molecule has 0 aliphatic carbocycles. The van der Waals surface area contributed by atoms with Crippen molar-refractivity contribution in [2.45, 2.75) is 50.2 Å². The molecule has 14 heteroatoms. The van der Waals surface area contributed by atoms with Crippen LogP contribution in [0.1, 0.15) is 31.2 Å². The highest BCUT2D eigenvalue weighted by molar-refractivity contribution is 9.11. The first-order chi connectivity index (χ1) is 16.9. The second-order valence-corrected chi connectivity index (χ2v) is 9.91. The van der Waals surface area contributed by atoms with Gasteiger partial charge in [0.2, 0.25) is 0 Å². The summed E-state index contributed by atoms with van der Waals surface area (Å²) in [5.41, 5.74) is -0.748. The molecule has 1 N–H and O–H groups in total. The van der Waals surface area contributed by atoms with Crippen LogP contribution in [0.15, 0.2) is 49.9 Å². The lowest BCUT2D eigenvalue weighted by Crippen LogP contribution is -2.43. The minimum absolute atomic E-state index is 0.0461. The summed E-state index contributed by atoms with van der Waals surface area (Å²) in [5, 5.41) is 0. The lowest BCUT2D eigenvalue weighted by molar-refractivity contribution is -0.155. The number of aromatic nitrogens is 2. The third-order valence-electron chi connectivity index (χ3n) is 5.10. The first-order valence-corrected chi connectivity index (χ1v) is 12.8. The monoisotopic (exact) mass is 586 g/mol. The second kappa shape index (κ2) is 11.3. The number of nitrogens with one attached hydrogen (secondary N) is 1. The van der Waals surface area contributed by atoms with Gasteiger partial charge in [-0.1, -0.05) is 33.6 Å². The Hall–Kier alpha value is -3.07. The first kappa shape index (κ1) is 27.5. The van der Waals surface area contributed by atoms with Gasteiger partial charge in [-0.3, -0.25) is 28.1 Å². The van der Waals surface area contributed by atoms with Gasteiger partial charge in [-0.15, -0.1) is 0 Å². The molecule has 1 fully saturated rings. The Bertz CT molecular complexity index is 1380. The fourth-order valence-electron chi connectivity index (χ4n) is 3.48. The van der Waals surface area contributed by atoms with Crippen molar-refractivity contribution in [1.29, 1.82) is 0 Å². The van der Waals surface area contributed by atoms with Crippen LogP contribution in [-0.2, 0) is 38.1 Å². The fourth-order valence-corrected chi connectivity index (χ4v) is 4.87. The Morgan fingerprint density at radius 2 is 1.81 bits per heavy atom. The van der Waals surface area contributed by atoms with Crippen molar-refractivity contribution in [3.8, 4) is 0 Å². The van der Waals surface area contributed by atoms with E-state index < -0.39 is 64.5 Å². The standard InChI is InChI=1S/C22H23BrN2O10S/c1-12-4-6-16(7-5-12)36(30,31)35-18-17(11-32-13(2)26)34-21(19(18)33-14(3)27)25-10-15(8-9-23)20(28)24-22(25)29/h4-10,17-19,21H,11H2,1-3H3,(H,24,28,29)/t17-,18+,19-,21-/m1/s1. The van der Waals surface area contributed by atoms with Gasteiger partial charge in [0.05, 0.1) is 10.5 Å². The third kappa shape index (κ3) is 6.37. The number of aromatic amines is 1. The number of hydrogen-bond donors (Lipinski definition) is 1. The number of esters is 2. The normalized spacial score (nSPS) is 22.0. The molecule has 12 nitrogen and oxygen atoms in total. The number of rotatable bonds is 8. The molecule has 194 valence electrons. The SMILES string of the molecule is CC(=O)OC[C@H]1O[C@@H](n2cc(C=CBr)c(=O)[nH]c2=O)[C@H](OC(C)=O)[C@H]1OS(=O)(=O)c1ccc(C)cc1. The summed E-state index contributed by atoms with van der Waals surface area (Å²) >= 11 is 3.05. The van der Waals surface area contributed by atoms with Gasteiger partial charge < -0.3 is 14.2 Å². The highest BCUT2D eigenvalue weighted by atomic mass is 79.9. The summed E-state index contributed by atoms with van der Waals surface area (Å²) in [6, 6.07) is 5.82. The minimum atomic E-state index is -4.41. The van der Waals surface area contributed by atoms with Crippen molar-refractivity contribution in [3.05, 3.63) is 67.4 Å². The molecule has 2 aromatic rings. The predicted octanol–water partition coefficient (Wildman–Crippen LogP) is 1.38. The number of ether oxygens (including phenoxy) is 3. The Morgan fingerprint density at radius 1 is 1.14 bits per heavy atom. The van der Waals surface area contributed by atoms with Gasteiger partial charge in [0, 0.05) is 20.0 Å². The number of H-pyrrole nitrogens is 1. The molecule has 1 aliphatic rings. The van der Waals surface area contributed by atoms with Gasteiger partial charge in [0.15, 0.2) is 12.3 Å². The quantitative estimate of drug-likeness (QED) is 0.353.